The number of nitrogens with zero attached hydrogens (tertiary/aromatic N) is 1. The fraction of sp³-hybridized carbons (Fsp3) is 0.136. The van der Waals surface area contributed by atoms with Crippen molar-refractivity contribution in [2.75, 3.05) is 6.54 Å². The summed E-state index contributed by atoms with van der Waals surface area (Å²) in [6, 6.07) is 26.2. The summed E-state index contributed by atoms with van der Waals surface area (Å²) in [7, 11) is 0. The molecule has 3 aromatic rings. The predicted octanol–water partition coefficient (Wildman–Crippen LogP) is 4.09. The van der Waals surface area contributed by atoms with Gasteiger partial charge in [0.25, 0.3) is 5.69 Å². The molecule has 0 aromatic heterocycles. The van der Waals surface area contributed by atoms with Gasteiger partial charge in [0, 0.05) is 24.6 Å². The first-order valence-electron chi connectivity index (χ1n) is 8.73. The number of carbonyl (C=O) groups excluding carboxylic acids is 1. The van der Waals surface area contributed by atoms with Crippen molar-refractivity contribution < 1.29 is 9.72 Å². The minimum Gasteiger partial charge on any atom is -0.355 e. The highest BCUT2D eigenvalue weighted by Crippen LogP contribution is 2.23. The van der Waals surface area contributed by atoms with Crippen molar-refractivity contribution in [3.8, 4) is 0 Å². The van der Waals surface area contributed by atoms with Crippen LogP contribution in [-0.4, -0.2) is 17.4 Å². The number of hydrogen-bond acceptors (Lipinski definition) is 3. The Morgan fingerprint density at radius 2 is 1.37 bits per heavy atom. The van der Waals surface area contributed by atoms with Gasteiger partial charge in [-0.25, -0.2) is 0 Å². The van der Waals surface area contributed by atoms with Crippen molar-refractivity contribution in [3.05, 3.63) is 112 Å². The van der Waals surface area contributed by atoms with E-state index < -0.39 is 4.92 Å². The first-order chi connectivity index (χ1) is 13.1. The number of hydrogen-bond donors (Lipinski definition) is 1. The van der Waals surface area contributed by atoms with Crippen molar-refractivity contribution >= 4 is 11.6 Å². The van der Waals surface area contributed by atoms with Crippen LogP contribution in [0.3, 0.4) is 0 Å². The minimum atomic E-state index is -0.450. The molecule has 3 rings (SSSR count). The lowest BCUT2D eigenvalue weighted by molar-refractivity contribution is -0.384. The summed E-state index contributed by atoms with van der Waals surface area (Å²) in [5, 5.41) is 13.7. The van der Waals surface area contributed by atoms with Crippen LogP contribution in [0.25, 0.3) is 0 Å². The minimum absolute atomic E-state index is 0.0207. The Morgan fingerprint density at radius 1 is 0.852 bits per heavy atom. The molecule has 3 aromatic carbocycles. The van der Waals surface area contributed by atoms with Crippen molar-refractivity contribution in [2.24, 2.45) is 0 Å². The second kappa shape index (κ2) is 8.76. The van der Waals surface area contributed by atoms with Crippen LogP contribution in [0.1, 0.15) is 22.6 Å². The second-order valence-corrected chi connectivity index (χ2v) is 6.28. The smallest absolute Gasteiger partial charge is 0.269 e. The highest BCUT2D eigenvalue weighted by Gasteiger charge is 2.15. The third kappa shape index (κ3) is 5.01. The van der Waals surface area contributed by atoms with E-state index in [1.165, 1.54) is 12.1 Å². The lowest BCUT2D eigenvalue weighted by Gasteiger charge is -2.19. The molecule has 0 fully saturated rings. The van der Waals surface area contributed by atoms with Crippen molar-refractivity contribution in [2.45, 2.75) is 12.3 Å². The van der Waals surface area contributed by atoms with E-state index in [4.69, 9.17) is 0 Å². The monoisotopic (exact) mass is 360 g/mol. The zero-order chi connectivity index (χ0) is 19.1. The number of nitro benzene ring substituents is 1. The summed E-state index contributed by atoms with van der Waals surface area (Å²) in [5.74, 6) is -0.0473. The van der Waals surface area contributed by atoms with Gasteiger partial charge in [0.2, 0.25) is 5.91 Å². The molecule has 1 N–H and O–H groups in total. The summed E-state index contributed by atoms with van der Waals surface area (Å²) in [6.07, 6.45) is 0.189. The van der Waals surface area contributed by atoms with Crippen LogP contribution in [0.2, 0.25) is 0 Å². The Morgan fingerprint density at radius 3 is 1.85 bits per heavy atom. The number of carbonyl (C=O) groups is 1. The normalized spacial score (nSPS) is 10.6. The average Bonchev–Trinajstić information content (AvgIpc) is 2.70. The average molecular weight is 360 g/mol. The van der Waals surface area contributed by atoms with E-state index in [0.29, 0.717) is 6.54 Å². The van der Waals surface area contributed by atoms with Crippen LogP contribution in [0.4, 0.5) is 5.69 Å². The molecular weight excluding hydrogens is 340 g/mol. The standard InChI is InChI=1S/C22H20N2O3/c25-22(15-17-11-13-20(14-12-17)24(26)27)23-16-21(18-7-3-1-4-8-18)19-9-5-2-6-10-19/h1-14,21H,15-16H2,(H,23,25). The summed E-state index contributed by atoms with van der Waals surface area (Å²) < 4.78 is 0. The Hall–Kier alpha value is -3.47. The fourth-order valence-corrected chi connectivity index (χ4v) is 3.00. The maximum Gasteiger partial charge on any atom is 0.269 e. The van der Waals surface area contributed by atoms with Gasteiger partial charge in [-0.05, 0) is 16.7 Å². The molecule has 0 heterocycles. The molecule has 0 radical (unpaired) electrons. The van der Waals surface area contributed by atoms with Gasteiger partial charge in [-0.1, -0.05) is 72.8 Å². The highest BCUT2D eigenvalue weighted by atomic mass is 16.6. The van der Waals surface area contributed by atoms with Gasteiger partial charge < -0.3 is 5.32 Å². The maximum atomic E-state index is 12.4. The van der Waals surface area contributed by atoms with E-state index >= 15 is 0 Å². The van der Waals surface area contributed by atoms with Crippen LogP contribution < -0.4 is 5.32 Å². The van der Waals surface area contributed by atoms with E-state index in [2.05, 4.69) is 29.6 Å². The lowest BCUT2D eigenvalue weighted by atomic mass is 9.91. The molecule has 0 aliphatic rings. The largest absolute Gasteiger partial charge is 0.355 e. The van der Waals surface area contributed by atoms with E-state index in [-0.39, 0.29) is 23.9 Å². The van der Waals surface area contributed by atoms with E-state index in [9.17, 15) is 14.9 Å². The van der Waals surface area contributed by atoms with Crippen molar-refractivity contribution in [1.82, 2.24) is 5.32 Å². The Labute approximate surface area is 157 Å². The van der Waals surface area contributed by atoms with Gasteiger partial charge in [0.05, 0.1) is 11.3 Å². The van der Waals surface area contributed by atoms with Gasteiger partial charge in [0.15, 0.2) is 0 Å². The number of benzene rings is 3. The van der Waals surface area contributed by atoms with Crippen LogP contribution in [-0.2, 0) is 11.2 Å². The number of non-ortho nitro benzene ring substituents is 1. The number of nitro groups is 1. The molecule has 5 heteroatoms. The Kier molecular flexibility index (Phi) is 5.94. The third-order valence-electron chi connectivity index (χ3n) is 4.42. The van der Waals surface area contributed by atoms with Crippen LogP contribution in [0.5, 0.6) is 0 Å². The summed E-state index contributed by atoms with van der Waals surface area (Å²) in [5.41, 5.74) is 3.04. The highest BCUT2D eigenvalue weighted by molar-refractivity contribution is 5.78. The molecule has 27 heavy (non-hydrogen) atoms. The predicted molar refractivity (Wildman–Crippen MR) is 105 cm³/mol. The molecule has 0 saturated carbocycles. The van der Waals surface area contributed by atoms with Crippen LogP contribution in [0, 0.1) is 10.1 Å². The molecule has 0 aliphatic heterocycles. The Bertz CT molecular complexity index is 854. The molecule has 1 amide bonds. The lowest BCUT2D eigenvalue weighted by Crippen LogP contribution is -2.30. The third-order valence-corrected chi connectivity index (χ3v) is 4.42. The molecule has 0 atom stereocenters. The quantitative estimate of drug-likeness (QED) is 0.510. The van der Waals surface area contributed by atoms with Crippen LogP contribution >= 0.6 is 0 Å². The zero-order valence-corrected chi connectivity index (χ0v) is 14.7. The van der Waals surface area contributed by atoms with E-state index in [0.717, 1.165) is 16.7 Å². The summed E-state index contributed by atoms with van der Waals surface area (Å²) >= 11 is 0. The Balaban J connectivity index is 1.66. The fourth-order valence-electron chi connectivity index (χ4n) is 3.00. The number of nitrogens with one attached hydrogen (secondary N) is 1. The summed E-state index contributed by atoms with van der Waals surface area (Å²) in [6.45, 7) is 0.486. The number of rotatable bonds is 7. The van der Waals surface area contributed by atoms with Gasteiger partial charge in [0.1, 0.15) is 0 Å². The van der Waals surface area contributed by atoms with Crippen molar-refractivity contribution in [3.63, 3.8) is 0 Å². The molecule has 0 spiro atoms. The topological polar surface area (TPSA) is 72.2 Å². The van der Waals surface area contributed by atoms with Gasteiger partial charge in [-0.15, -0.1) is 0 Å². The summed E-state index contributed by atoms with van der Waals surface area (Å²) in [4.78, 5) is 22.6. The SMILES string of the molecule is O=C(Cc1ccc([N+](=O)[O-])cc1)NCC(c1ccccc1)c1ccccc1. The van der Waals surface area contributed by atoms with Crippen LogP contribution in [0.15, 0.2) is 84.9 Å². The second-order valence-electron chi connectivity index (χ2n) is 6.28. The maximum absolute atomic E-state index is 12.4. The number of amides is 1. The molecule has 0 aliphatic carbocycles. The molecule has 0 unspecified atom stereocenters. The first-order valence-corrected chi connectivity index (χ1v) is 8.73. The van der Waals surface area contributed by atoms with E-state index in [1.807, 2.05) is 36.4 Å². The van der Waals surface area contributed by atoms with Crippen molar-refractivity contribution in [1.29, 1.82) is 0 Å². The molecule has 0 bridgehead atoms. The molecule has 136 valence electrons. The first kappa shape index (κ1) is 18.3. The zero-order valence-electron chi connectivity index (χ0n) is 14.7. The molecule has 0 saturated heterocycles. The molecular formula is C22H20N2O3. The van der Waals surface area contributed by atoms with Gasteiger partial charge in [-0.3, -0.25) is 14.9 Å². The molecule has 5 nitrogen and oxygen atoms in total. The van der Waals surface area contributed by atoms with E-state index in [1.54, 1.807) is 12.1 Å². The van der Waals surface area contributed by atoms with Gasteiger partial charge >= 0.3 is 0 Å². The van der Waals surface area contributed by atoms with Gasteiger partial charge in [-0.2, -0.15) is 0 Å².